The molecule has 0 radical (unpaired) electrons. The largest absolute Gasteiger partial charge is 0.481 e. The maximum absolute atomic E-state index is 14.0. The molecule has 2 N–H and O–H groups in total. The summed E-state index contributed by atoms with van der Waals surface area (Å²) in [4.78, 5) is 26.3. The number of allylic oxidation sites excluding steroid dienone is 1. The summed E-state index contributed by atoms with van der Waals surface area (Å²) in [6.07, 6.45) is 4.61. The van der Waals surface area contributed by atoms with Gasteiger partial charge in [0.25, 0.3) is 5.91 Å². The minimum Gasteiger partial charge on any atom is -0.481 e. The van der Waals surface area contributed by atoms with Crippen molar-refractivity contribution in [3.8, 4) is 0 Å². The van der Waals surface area contributed by atoms with E-state index in [1.54, 1.807) is 16.8 Å². The second-order valence-corrected chi connectivity index (χ2v) is 9.49. The normalized spacial score (nSPS) is 18.9. The van der Waals surface area contributed by atoms with Gasteiger partial charge in [-0.05, 0) is 50.0 Å². The maximum atomic E-state index is 14.0. The number of fused-ring (bicyclic) bond motifs is 1. The number of rotatable bonds is 8. The fourth-order valence-electron chi connectivity index (χ4n) is 4.98. The van der Waals surface area contributed by atoms with E-state index < -0.39 is 11.9 Å². The molecule has 0 aliphatic carbocycles. The van der Waals surface area contributed by atoms with Crippen LogP contribution in [0, 0.1) is 0 Å². The Balaban J connectivity index is 1.41. The van der Waals surface area contributed by atoms with Crippen LogP contribution in [0.1, 0.15) is 17.3 Å². The Morgan fingerprint density at radius 1 is 1.25 bits per heavy atom. The summed E-state index contributed by atoms with van der Waals surface area (Å²) in [6.45, 7) is 9.93. The van der Waals surface area contributed by atoms with Crippen molar-refractivity contribution in [3.63, 3.8) is 0 Å². The van der Waals surface area contributed by atoms with Crippen molar-refractivity contribution in [2.75, 3.05) is 68.2 Å². The van der Waals surface area contributed by atoms with Gasteiger partial charge in [0.15, 0.2) is 5.65 Å². The smallest absolute Gasteiger partial charge is 0.261 e. The predicted octanol–water partition coefficient (Wildman–Crippen LogP) is 3.03. The summed E-state index contributed by atoms with van der Waals surface area (Å²) in [6, 6.07) is 9.17. The summed E-state index contributed by atoms with van der Waals surface area (Å²) in [5.41, 5.74) is 3.01. The van der Waals surface area contributed by atoms with Gasteiger partial charge < -0.3 is 29.9 Å². The van der Waals surface area contributed by atoms with Gasteiger partial charge in [-0.15, -0.1) is 0 Å². The Morgan fingerprint density at radius 2 is 2.02 bits per heavy atom. The molecule has 1 aromatic carbocycles. The Kier molecular flexibility index (Phi) is 8.37. The number of hydrogen-bond donors (Lipinski definition) is 2. The third kappa shape index (κ3) is 5.82. The zero-order valence-electron chi connectivity index (χ0n) is 22.6. The molecule has 1 amide bonds. The Hall–Kier alpha value is -4.29. The van der Waals surface area contributed by atoms with E-state index in [0.717, 1.165) is 31.9 Å². The molecule has 4 heterocycles. The van der Waals surface area contributed by atoms with Crippen molar-refractivity contribution >= 4 is 35.5 Å². The summed E-state index contributed by atoms with van der Waals surface area (Å²) < 4.78 is 26.7. The van der Waals surface area contributed by atoms with E-state index in [1.807, 2.05) is 29.2 Å². The summed E-state index contributed by atoms with van der Waals surface area (Å²) in [5.74, 6) is 0.0590. The SMILES string of the molecule is C=N/C(OC)=C(\C=C(/C)F)C1COCCN1c1ccn2ncc(C(=O)Nc3ccc(N4CCNCC4)cc3)c2n1. The lowest BCUT2D eigenvalue weighted by atomic mass is 10.0. The second-order valence-electron chi connectivity index (χ2n) is 9.49. The summed E-state index contributed by atoms with van der Waals surface area (Å²) >= 11 is 0. The number of aliphatic imine (C=N–C) groups is 1. The van der Waals surface area contributed by atoms with Crippen molar-refractivity contribution in [2.24, 2.45) is 4.99 Å². The Labute approximate surface area is 232 Å². The zero-order valence-corrected chi connectivity index (χ0v) is 22.6. The van der Waals surface area contributed by atoms with E-state index in [2.05, 4.69) is 32.3 Å². The van der Waals surface area contributed by atoms with Crippen molar-refractivity contribution < 1.29 is 18.7 Å². The van der Waals surface area contributed by atoms with Crippen molar-refractivity contribution in [2.45, 2.75) is 13.0 Å². The Morgan fingerprint density at radius 3 is 2.73 bits per heavy atom. The van der Waals surface area contributed by atoms with Crippen LogP contribution in [0.15, 0.2) is 71.1 Å². The lowest BCUT2D eigenvalue weighted by Crippen LogP contribution is -2.47. The Bertz CT molecular complexity index is 1430. The van der Waals surface area contributed by atoms with Gasteiger partial charge in [0.1, 0.15) is 11.4 Å². The van der Waals surface area contributed by atoms with Gasteiger partial charge in [-0.2, -0.15) is 5.10 Å². The third-order valence-corrected chi connectivity index (χ3v) is 6.93. The number of nitrogens with one attached hydrogen (secondary N) is 2. The highest BCUT2D eigenvalue weighted by molar-refractivity contribution is 6.08. The highest BCUT2D eigenvalue weighted by Gasteiger charge is 2.30. The number of piperazine rings is 1. The standard InChI is InChI=1S/C28H33FN8O3/c1-19(29)16-22(28(30-2)39-3)24-18-40-15-14-36(24)25-8-11-37-26(34-25)23(17-32-37)27(38)33-20-4-6-21(7-5-20)35-12-9-31-10-13-35/h4-8,11,16-17,24,31H,2,9-10,12-15,18H2,1,3H3,(H,33,38)/b19-16+,28-22-. The first kappa shape index (κ1) is 27.3. The molecule has 2 aliphatic heterocycles. The van der Waals surface area contributed by atoms with Crippen LogP contribution >= 0.6 is 0 Å². The van der Waals surface area contributed by atoms with Gasteiger partial charge in [0, 0.05) is 55.9 Å². The molecule has 1 atom stereocenters. The molecule has 12 heteroatoms. The number of ether oxygens (including phenoxy) is 2. The van der Waals surface area contributed by atoms with Crippen LogP contribution in [0.2, 0.25) is 0 Å². The van der Waals surface area contributed by atoms with Crippen molar-refractivity contribution in [1.29, 1.82) is 0 Å². The number of anilines is 3. The minimum atomic E-state index is -0.441. The number of hydrogen-bond acceptors (Lipinski definition) is 9. The molecule has 0 spiro atoms. The molecule has 2 saturated heterocycles. The van der Waals surface area contributed by atoms with Gasteiger partial charge in [0.2, 0.25) is 5.88 Å². The van der Waals surface area contributed by atoms with Gasteiger partial charge >= 0.3 is 0 Å². The first-order valence-corrected chi connectivity index (χ1v) is 13.1. The molecule has 0 bridgehead atoms. The van der Waals surface area contributed by atoms with Gasteiger partial charge in [0.05, 0.1) is 38.4 Å². The highest BCUT2D eigenvalue weighted by atomic mass is 19.1. The number of carbonyl (C=O) groups is 1. The third-order valence-electron chi connectivity index (χ3n) is 6.93. The number of nitrogens with zero attached hydrogens (tertiary/aromatic N) is 6. The molecule has 0 saturated carbocycles. The quantitative estimate of drug-likeness (QED) is 0.251. The zero-order chi connectivity index (χ0) is 28.1. The molecule has 40 heavy (non-hydrogen) atoms. The fraction of sp³-hybridized carbons (Fsp3) is 0.357. The molecule has 1 unspecified atom stereocenters. The molecule has 11 nitrogen and oxygen atoms in total. The lowest BCUT2D eigenvalue weighted by molar-refractivity contribution is 0.101. The van der Waals surface area contributed by atoms with Gasteiger partial charge in [-0.25, -0.2) is 18.9 Å². The molecule has 2 aromatic heterocycles. The predicted molar refractivity (Wildman–Crippen MR) is 153 cm³/mol. The van der Waals surface area contributed by atoms with E-state index in [-0.39, 0.29) is 18.4 Å². The number of carbonyl (C=O) groups excluding carboxylic acids is 1. The first-order valence-electron chi connectivity index (χ1n) is 13.1. The van der Waals surface area contributed by atoms with Crippen LogP contribution < -0.4 is 20.4 Å². The molecule has 210 valence electrons. The topological polar surface area (TPSA) is 109 Å². The fourth-order valence-corrected chi connectivity index (χ4v) is 4.98. The molecular formula is C28H33FN8O3. The van der Waals surface area contributed by atoms with Gasteiger partial charge in [-0.3, -0.25) is 4.79 Å². The number of halogens is 1. The lowest BCUT2D eigenvalue weighted by Gasteiger charge is -2.37. The molecule has 2 aliphatic rings. The van der Waals surface area contributed by atoms with Crippen molar-refractivity contribution in [3.05, 3.63) is 71.6 Å². The minimum absolute atomic E-state index is 0.200. The molecule has 2 fully saturated rings. The van der Waals surface area contributed by atoms with Crippen LogP contribution in [0.4, 0.5) is 21.6 Å². The number of methoxy groups -OCH3 is 1. The van der Waals surface area contributed by atoms with E-state index in [9.17, 15) is 9.18 Å². The van der Waals surface area contributed by atoms with Crippen LogP contribution in [0.25, 0.3) is 5.65 Å². The van der Waals surface area contributed by atoms with Gasteiger partial charge in [-0.1, -0.05) is 0 Å². The van der Waals surface area contributed by atoms with E-state index in [1.165, 1.54) is 26.3 Å². The van der Waals surface area contributed by atoms with Crippen LogP contribution in [-0.2, 0) is 9.47 Å². The average Bonchev–Trinajstić information content (AvgIpc) is 3.41. The highest BCUT2D eigenvalue weighted by Crippen LogP contribution is 2.28. The number of morpholine rings is 1. The van der Waals surface area contributed by atoms with E-state index in [0.29, 0.717) is 41.4 Å². The van der Waals surface area contributed by atoms with Crippen LogP contribution in [0.3, 0.4) is 0 Å². The van der Waals surface area contributed by atoms with Crippen molar-refractivity contribution in [1.82, 2.24) is 19.9 Å². The summed E-state index contributed by atoms with van der Waals surface area (Å²) in [5, 5.41) is 10.6. The second kappa shape index (κ2) is 12.3. The number of amides is 1. The molecular weight excluding hydrogens is 515 g/mol. The summed E-state index contributed by atoms with van der Waals surface area (Å²) in [7, 11) is 1.46. The van der Waals surface area contributed by atoms with E-state index >= 15 is 0 Å². The molecule has 5 rings (SSSR count). The first-order chi connectivity index (χ1) is 19.5. The van der Waals surface area contributed by atoms with Crippen LogP contribution in [-0.4, -0.2) is 86.3 Å². The maximum Gasteiger partial charge on any atom is 0.261 e. The number of benzene rings is 1. The van der Waals surface area contributed by atoms with E-state index in [4.69, 9.17) is 14.5 Å². The van der Waals surface area contributed by atoms with Crippen LogP contribution in [0.5, 0.6) is 0 Å². The average molecular weight is 549 g/mol. The number of aromatic nitrogens is 3. The monoisotopic (exact) mass is 548 g/mol. The molecule has 3 aromatic rings.